The van der Waals surface area contributed by atoms with Crippen molar-refractivity contribution >= 4 is 44.6 Å². The first kappa shape index (κ1) is 23.0. The van der Waals surface area contributed by atoms with Crippen molar-refractivity contribution in [2.24, 2.45) is 0 Å². The van der Waals surface area contributed by atoms with Crippen LogP contribution >= 0.6 is 22.6 Å². The molecule has 2 aromatic rings. The fraction of sp³-hybridized carbons (Fsp3) is 0.125. The smallest absolute Gasteiger partial charge is 0.339 e. The second kappa shape index (κ2) is 9.04. The third-order valence-corrected chi connectivity index (χ3v) is 5.10. The van der Waals surface area contributed by atoms with Crippen molar-refractivity contribution in [1.29, 1.82) is 0 Å². The van der Waals surface area contributed by atoms with E-state index < -0.39 is 69.0 Å². The van der Waals surface area contributed by atoms with Crippen LogP contribution < -0.4 is 4.74 Å². The molecule has 0 unspecified atom stereocenters. The van der Waals surface area contributed by atoms with Crippen molar-refractivity contribution in [3.05, 3.63) is 56.7 Å². The van der Waals surface area contributed by atoms with Gasteiger partial charge in [0.2, 0.25) is 17.4 Å². The maximum Gasteiger partial charge on any atom is 0.339 e. The number of rotatable bonds is 6. The van der Waals surface area contributed by atoms with Gasteiger partial charge in [-0.1, -0.05) is 12.1 Å². The predicted octanol–water partition coefficient (Wildman–Crippen LogP) is 3.25. The van der Waals surface area contributed by atoms with Gasteiger partial charge in [0.25, 0.3) is 0 Å². The molecule has 2 aromatic carbocycles. The first-order valence-corrected chi connectivity index (χ1v) is 9.92. The number of ether oxygens (including phenoxy) is 2. The Balaban J connectivity index is 2.10. The third-order valence-electron chi connectivity index (χ3n) is 3.29. The van der Waals surface area contributed by atoms with Crippen LogP contribution in [0, 0.1) is 26.8 Å². The van der Waals surface area contributed by atoms with E-state index in [9.17, 15) is 35.6 Å². The molecular weight excluding hydrogens is 539 g/mol. The minimum absolute atomic E-state index is 0.198. The molecule has 0 atom stereocenters. The monoisotopic (exact) mass is 548 g/mol. The third kappa shape index (κ3) is 5.22. The van der Waals surface area contributed by atoms with E-state index in [0.717, 1.165) is 0 Å². The quantitative estimate of drug-likeness (QED) is 0.148. The van der Waals surface area contributed by atoms with E-state index in [1.165, 1.54) is 6.07 Å². The fourth-order valence-corrected chi connectivity index (χ4v) is 3.24. The lowest BCUT2D eigenvalue weighted by Gasteiger charge is -2.11. The predicted molar refractivity (Wildman–Crippen MR) is 95.8 cm³/mol. The Hall–Kier alpha value is -2.26. The Morgan fingerprint density at radius 1 is 1.00 bits per heavy atom. The molecule has 0 fully saturated rings. The lowest BCUT2D eigenvalue weighted by Crippen LogP contribution is -2.18. The second-order valence-electron chi connectivity index (χ2n) is 5.23. The molecule has 7 nitrogen and oxygen atoms in total. The average Bonchev–Trinajstić information content (AvgIpc) is 2.63. The van der Waals surface area contributed by atoms with Gasteiger partial charge in [-0.3, -0.25) is 9.35 Å². The van der Waals surface area contributed by atoms with Gasteiger partial charge in [0.1, 0.15) is 6.61 Å². The molecule has 0 saturated heterocycles. The van der Waals surface area contributed by atoms with Crippen LogP contribution in [-0.4, -0.2) is 31.5 Å². The summed E-state index contributed by atoms with van der Waals surface area (Å²) in [6, 6.07) is 6.31. The van der Waals surface area contributed by atoms with Crippen LogP contribution in [-0.2, 0) is 19.6 Å². The van der Waals surface area contributed by atoms with Gasteiger partial charge in [-0.15, -0.1) is 0 Å². The maximum atomic E-state index is 13.8. The molecule has 156 valence electrons. The number of benzene rings is 2. The van der Waals surface area contributed by atoms with Gasteiger partial charge in [0.15, 0.2) is 16.5 Å². The van der Waals surface area contributed by atoms with Gasteiger partial charge < -0.3 is 9.47 Å². The second-order valence-corrected chi connectivity index (χ2v) is 7.75. The Morgan fingerprint density at radius 2 is 1.55 bits per heavy atom. The molecule has 0 bridgehead atoms. The molecule has 0 spiro atoms. The average molecular weight is 548 g/mol. The summed E-state index contributed by atoms with van der Waals surface area (Å²) in [6.07, 6.45) is -0.739. The zero-order chi connectivity index (χ0) is 21.9. The van der Waals surface area contributed by atoms with Crippen LogP contribution in [0.25, 0.3) is 0 Å². The molecule has 1 N–H and O–H groups in total. The molecule has 13 heteroatoms. The summed E-state index contributed by atoms with van der Waals surface area (Å²) in [5, 5.41) is 0. The van der Waals surface area contributed by atoms with E-state index in [0.29, 0.717) is 3.57 Å². The zero-order valence-electron chi connectivity index (χ0n) is 13.9. The molecule has 0 aromatic heterocycles. The van der Waals surface area contributed by atoms with Crippen LogP contribution in [0.1, 0.15) is 16.8 Å². The van der Waals surface area contributed by atoms with Crippen LogP contribution in [0.5, 0.6) is 5.75 Å². The minimum atomic E-state index is -5.64. The van der Waals surface area contributed by atoms with Crippen molar-refractivity contribution in [1.82, 2.24) is 0 Å². The molecule has 0 amide bonds. The summed E-state index contributed by atoms with van der Waals surface area (Å²) in [4.78, 5) is 21.2. The summed E-state index contributed by atoms with van der Waals surface area (Å²) in [6.45, 7) is -0.583. The number of hydrogen-bond acceptors (Lipinski definition) is 6. The van der Waals surface area contributed by atoms with Crippen LogP contribution in [0.2, 0.25) is 0 Å². The number of esters is 2. The van der Waals surface area contributed by atoms with Gasteiger partial charge in [-0.25, -0.2) is 13.6 Å². The normalized spacial score (nSPS) is 11.2. The van der Waals surface area contributed by atoms with Crippen molar-refractivity contribution in [3.8, 4) is 5.75 Å². The summed E-state index contributed by atoms with van der Waals surface area (Å²) >= 11 is 1.87. The van der Waals surface area contributed by atoms with Crippen molar-refractivity contribution in [2.75, 3.05) is 6.61 Å². The molecular formula is C16H9F4IO7S. The molecule has 0 radical (unpaired) electrons. The van der Waals surface area contributed by atoms with Gasteiger partial charge in [-0.2, -0.15) is 17.2 Å². The molecule has 29 heavy (non-hydrogen) atoms. The number of halogens is 5. The Kier molecular flexibility index (Phi) is 7.18. The lowest BCUT2D eigenvalue weighted by molar-refractivity contribution is -0.135. The van der Waals surface area contributed by atoms with Crippen LogP contribution in [0.4, 0.5) is 17.6 Å². The van der Waals surface area contributed by atoms with Gasteiger partial charge in [0, 0.05) is 3.57 Å². The SMILES string of the molecule is O=C(CCOC(=O)c1ccccc1I)Oc1c(F)c(F)c(S(=O)(=O)O)c(F)c1F. The molecule has 0 aliphatic carbocycles. The van der Waals surface area contributed by atoms with Gasteiger partial charge in [0.05, 0.1) is 12.0 Å². The highest BCUT2D eigenvalue weighted by Crippen LogP contribution is 2.32. The summed E-state index contributed by atoms with van der Waals surface area (Å²) < 4.78 is 94.8. The Bertz CT molecular complexity index is 1060. The zero-order valence-corrected chi connectivity index (χ0v) is 16.9. The van der Waals surface area contributed by atoms with Gasteiger partial charge in [-0.05, 0) is 34.7 Å². The Labute approximate surface area is 174 Å². The van der Waals surface area contributed by atoms with Crippen molar-refractivity contribution in [2.45, 2.75) is 11.3 Å². The highest BCUT2D eigenvalue weighted by Gasteiger charge is 2.34. The first-order chi connectivity index (χ1) is 13.4. The molecule has 0 heterocycles. The van der Waals surface area contributed by atoms with Gasteiger partial charge >= 0.3 is 22.1 Å². The number of carbonyl (C=O) groups is 2. The first-order valence-electron chi connectivity index (χ1n) is 7.41. The maximum absolute atomic E-state index is 13.8. The summed E-state index contributed by atoms with van der Waals surface area (Å²) in [5.74, 6) is -13.7. The fourth-order valence-electron chi connectivity index (χ4n) is 2.00. The van der Waals surface area contributed by atoms with Crippen LogP contribution in [0.3, 0.4) is 0 Å². The molecule has 2 rings (SSSR count). The van der Waals surface area contributed by atoms with E-state index in [2.05, 4.69) is 4.74 Å². The molecule has 0 aliphatic rings. The minimum Gasteiger partial charge on any atom is -0.461 e. The van der Waals surface area contributed by atoms with E-state index in [1.807, 2.05) is 22.6 Å². The van der Waals surface area contributed by atoms with E-state index >= 15 is 0 Å². The van der Waals surface area contributed by atoms with E-state index in [4.69, 9.17) is 9.29 Å². The highest BCUT2D eigenvalue weighted by molar-refractivity contribution is 14.1. The van der Waals surface area contributed by atoms with E-state index in [-0.39, 0.29) is 5.56 Å². The van der Waals surface area contributed by atoms with Crippen molar-refractivity contribution < 1.29 is 49.6 Å². The lowest BCUT2D eigenvalue weighted by atomic mass is 10.2. The standard InChI is InChI=1S/C16H9F4IO7S/c17-10-12(19)15(29(24,25)26)13(20)11(18)14(10)28-9(22)5-6-27-16(23)7-3-1-2-4-8(7)21/h1-4H,5-6H2,(H,24,25,26). The summed E-state index contributed by atoms with van der Waals surface area (Å²) in [7, 11) is -5.64. The van der Waals surface area contributed by atoms with Crippen molar-refractivity contribution in [3.63, 3.8) is 0 Å². The topological polar surface area (TPSA) is 107 Å². The number of carbonyl (C=O) groups excluding carboxylic acids is 2. The Morgan fingerprint density at radius 3 is 2.07 bits per heavy atom. The highest BCUT2D eigenvalue weighted by atomic mass is 127. The summed E-state index contributed by atoms with van der Waals surface area (Å²) in [5.41, 5.74) is 0.198. The van der Waals surface area contributed by atoms with E-state index in [1.54, 1.807) is 18.2 Å². The molecule has 0 aliphatic heterocycles. The van der Waals surface area contributed by atoms with Crippen LogP contribution in [0.15, 0.2) is 29.2 Å². The molecule has 0 saturated carbocycles. The largest absolute Gasteiger partial charge is 0.461 e. The number of hydrogen-bond donors (Lipinski definition) is 1.